The Labute approximate surface area is 223 Å². The van der Waals surface area contributed by atoms with Gasteiger partial charge in [0.1, 0.15) is 54.6 Å². The molecule has 39 heavy (non-hydrogen) atoms. The third-order valence-corrected chi connectivity index (χ3v) is 7.54. The Bertz CT molecular complexity index is 1410. The Morgan fingerprint density at radius 1 is 1.28 bits per heavy atom. The van der Waals surface area contributed by atoms with E-state index in [0.717, 1.165) is 0 Å². The Balaban J connectivity index is 1.59. The van der Waals surface area contributed by atoms with Gasteiger partial charge in [0.15, 0.2) is 5.82 Å². The minimum atomic E-state index is -4.39. The van der Waals surface area contributed by atoms with E-state index < -0.39 is 56.4 Å². The molecule has 3 aromatic rings. The number of fused-ring (bicyclic) bond motifs is 1. The zero-order valence-electron chi connectivity index (χ0n) is 21.4. The van der Waals surface area contributed by atoms with Crippen LogP contribution < -0.4 is 15.3 Å². The number of rotatable bonds is 10. The van der Waals surface area contributed by atoms with Crippen LogP contribution in [0.5, 0.6) is 5.75 Å². The summed E-state index contributed by atoms with van der Waals surface area (Å²) >= 11 is 0. The lowest BCUT2D eigenvalue weighted by Gasteiger charge is -2.28. The van der Waals surface area contributed by atoms with Crippen molar-refractivity contribution in [1.29, 1.82) is 5.26 Å². The highest BCUT2D eigenvalue weighted by atomic mass is 31.2. The number of nitrogens with zero attached hydrogens (tertiary/aromatic N) is 4. The van der Waals surface area contributed by atoms with Crippen molar-refractivity contribution in [2.24, 2.45) is 0 Å². The maximum Gasteiger partial charge on any atom is 0.459 e. The van der Waals surface area contributed by atoms with Gasteiger partial charge in [0.25, 0.3) is 0 Å². The SMILES string of the molecule is CC(C)OC(=O)[C@H](C)NP(=O)(OC[C@@]1(C#N)O[C@@H](c2ccc3c(N)ncnn23)[C@H](O)[C@@H]1O)Oc1ccccc1. The molecular formula is C24H29N6O8P. The van der Waals surface area contributed by atoms with Crippen molar-refractivity contribution in [3.05, 3.63) is 54.5 Å². The lowest BCUT2D eigenvalue weighted by atomic mass is 9.96. The lowest BCUT2D eigenvalue weighted by Crippen LogP contribution is -2.46. The number of aliphatic hydroxyl groups excluding tert-OH is 2. The number of nitrogens with one attached hydrogen (secondary N) is 1. The molecule has 0 spiro atoms. The van der Waals surface area contributed by atoms with Gasteiger partial charge in [-0.15, -0.1) is 0 Å². The number of hydrogen-bond acceptors (Lipinski definition) is 12. The fraction of sp³-hybridized carbons (Fsp3) is 0.417. The van der Waals surface area contributed by atoms with Crippen molar-refractivity contribution in [3.8, 4) is 11.8 Å². The quantitative estimate of drug-likeness (QED) is 0.205. The molecule has 6 atom stereocenters. The number of ether oxygens (including phenoxy) is 2. The van der Waals surface area contributed by atoms with Crippen molar-refractivity contribution in [2.75, 3.05) is 12.3 Å². The second-order valence-corrected chi connectivity index (χ2v) is 10.9. The summed E-state index contributed by atoms with van der Waals surface area (Å²) in [6, 6.07) is 11.9. The number of aromatic nitrogens is 3. The largest absolute Gasteiger partial charge is 0.462 e. The molecule has 0 bridgehead atoms. The summed E-state index contributed by atoms with van der Waals surface area (Å²) in [5.41, 5.74) is 4.41. The third kappa shape index (κ3) is 5.89. The van der Waals surface area contributed by atoms with Gasteiger partial charge >= 0.3 is 13.7 Å². The van der Waals surface area contributed by atoms with Gasteiger partial charge < -0.3 is 29.9 Å². The predicted molar refractivity (Wildman–Crippen MR) is 136 cm³/mol. The molecule has 14 nitrogen and oxygen atoms in total. The van der Waals surface area contributed by atoms with Gasteiger partial charge in [0, 0.05) is 0 Å². The molecule has 3 heterocycles. The van der Waals surface area contributed by atoms with Crippen LogP contribution in [0.25, 0.3) is 5.52 Å². The van der Waals surface area contributed by atoms with E-state index in [0.29, 0.717) is 5.52 Å². The molecule has 0 saturated carbocycles. The second-order valence-electron chi connectivity index (χ2n) is 9.19. The number of benzene rings is 1. The van der Waals surface area contributed by atoms with E-state index in [4.69, 9.17) is 24.3 Å². The highest BCUT2D eigenvalue weighted by Gasteiger charge is 2.57. The van der Waals surface area contributed by atoms with Crippen LogP contribution in [0.4, 0.5) is 5.82 Å². The monoisotopic (exact) mass is 560 g/mol. The molecule has 5 N–H and O–H groups in total. The minimum Gasteiger partial charge on any atom is -0.462 e. The van der Waals surface area contributed by atoms with Crippen LogP contribution in [0.15, 0.2) is 48.8 Å². The van der Waals surface area contributed by atoms with E-state index in [1.807, 2.05) is 6.07 Å². The fourth-order valence-corrected chi connectivity index (χ4v) is 5.51. The van der Waals surface area contributed by atoms with Crippen molar-refractivity contribution in [3.63, 3.8) is 0 Å². The molecule has 15 heteroatoms. The van der Waals surface area contributed by atoms with E-state index in [1.165, 1.54) is 29.9 Å². The number of anilines is 1. The minimum absolute atomic E-state index is 0.145. The van der Waals surface area contributed by atoms with Gasteiger partial charge in [-0.2, -0.15) is 15.4 Å². The van der Waals surface area contributed by atoms with Crippen LogP contribution in [-0.4, -0.2) is 67.3 Å². The average Bonchev–Trinajstić information content (AvgIpc) is 3.43. The van der Waals surface area contributed by atoms with Crippen molar-refractivity contribution in [2.45, 2.75) is 56.8 Å². The van der Waals surface area contributed by atoms with Crippen LogP contribution >= 0.6 is 7.75 Å². The van der Waals surface area contributed by atoms with Gasteiger partial charge in [-0.1, -0.05) is 18.2 Å². The molecule has 2 aromatic heterocycles. The first-order chi connectivity index (χ1) is 18.5. The van der Waals surface area contributed by atoms with Gasteiger partial charge in [0.2, 0.25) is 5.60 Å². The van der Waals surface area contributed by atoms with Gasteiger partial charge in [-0.05, 0) is 45.0 Å². The number of carbonyl (C=O) groups excluding carboxylic acids is 1. The maximum atomic E-state index is 13.8. The summed E-state index contributed by atoms with van der Waals surface area (Å²) in [6.45, 7) is 3.92. The lowest BCUT2D eigenvalue weighted by molar-refractivity contribution is -0.149. The molecule has 1 unspecified atom stereocenters. The normalized spacial score (nSPS) is 25.2. The standard InChI is InChI=1S/C24H29N6O8P/c1-14(2)36-23(33)15(3)29-39(34,38-16-7-5-4-6-8-16)35-12-24(11-25)21(32)19(31)20(37-24)17-9-10-18-22(26)27-13-28-30(17)18/h4-10,13-15,19-21,31-32H,12H2,1-3H3,(H,29,34)(H2,26,27,28)/t15-,19-,20-,21-,24+,39?/m0/s1. The third-order valence-electron chi connectivity index (χ3n) is 5.92. The first kappa shape index (κ1) is 28.4. The van der Waals surface area contributed by atoms with Crippen LogP contribution in [0.3, 0.4) is 0 Å². The predicted octanol–water partition coefficient (Wildman–Crippen LogP) is 1.50. The topological polar surface area (TPSA) is 204 Å². The van der Waals surface area contributed by atoms with E-state index in [-0.39, 0.29) is 17.3 Å². The summed E-state index contributed by atoms with van der Waals surface area (Å²) in [4.78, 5) is 16.3. The number of esters is 1. The van der Waals surface area contributed by atoms with Gasteiger partial charge in [0.05, 0.1) is 11.8 Å². The molecule has 1 aliphatic heterocycles. The average molecular weight is 561 g/mol. The van der Waals surface area contributed by atoms with Gasteiger partial charge in [-0.25, -0.2) is 14.1 Å². The van der Waals surface area contributed by atoms with Crippen LogP contribution in [-0.2, 0) is 23.4 Å². The molecule has 0 aliphatic carbocycles. The molecule has 1 aromatic carbocycles. The second kappa shape index (κ2) is 11.3. The Morgan fingerprint density at radius 3 is 2.67 bits per heavy atom. The molecule has 1 aliphatic rings. The molecule has 208 valence electrons. The molecular weight excluding hydrogens is 531 g/mol. The molecule has 0 amide bonds. The number of aliphatic hydroxyl groups is 2. The van der Waals surface area contributed by atoms with E-state index >= 15 is 0 Å². The van der Waals surface area contributed by atoms with Crippen LogP contribution in [0.1, 0.15) is 32.6 Å². The van der Waals surface area contributed by atoms with Crippen molar-refractivity contribution >= 4 is 25.1 Å². The zero-order valence-corrected chi connectivity index (χ0v) is 22.3. The fourth-order valence-electron chi connectivity index (χ4n) is 3.99. The van der Waals surface area contributed by atoms with Gasteiger partial charge in [-0.3, -0.25) is 9.32 Å². The summed E-state index contributed by atoms with van der Waals surface area (Å²) in [6.07, 6.45) is -3.83. The van der Waals surface area contributed by atoms with E-state index in [9.17, 15) is 24.8 Å². The first-order valence-electron chi connectivity index (χ1n) is 12.0. The number of nitrogen functional groups attached to an aromatic ring is 1. The number of nitriles is 1. The highest BCUT2D eigenvalue weighted by molar-refractivity contribution is 7.52. The van der Waals surface area contributed by atoms with Crippen LogP contribution in [0.2, 0.25) is 0 Å². The highest BCUT2D eigenvalue weighted by Crippen LogP contribution is 2.48. The molecule has 4 rings (SSSR count). The summed E-state index contributed by atoms with van der Waals surface area (Å²) in [5.74, 6) is -0.393. The smallest absolute Gasteiger partial charge is 0.459 e. The maximum absolute atomic E-state index is 13.8. The molecule has 0 radical (unpaired) electrons. The number of para-hydroxylation sites is 1. The van der Waals surface area contributed by atoms with Crippen molar-refractivity contribution < 1.29 is 38.1 Å². The Kier molecular flexibility index (Phi) is 8.22. The van der Waals surface area contributed by atoms with Crippen molar-refractivity contribution in [1.82, 2.24) is 19.7 Å². The summed E-state index contributed by atoms with van der Waals surface area (Å²) in [7, 11) is -4.39. The Hall–Kier alpha value is -3.57. The first-order valence-corrected chi connectivity index (χ1v) is 13.5. The summed E-state index contributed by atoms with van der Waals surface area (Å²) < 4.78 is 37.3. The number of carbonyl (C=O) groups is 1. The number of nitrogens with two attached hydrogens (primary N) is 1. The van der Waals surface area contributed by atoms with E-state index in [1.54, 1.807) is 44.2 Å². The number of hydrogen-bond donors (Lipinski definition) is 4. The Morgan fingerprint density at radius 2 is 2.00 bits per heavy atom. The van der Waals surface area contributed by atoms with E-state index in [2.05, 4.69) is 15.2 Å². The van der Waals surface area contributed by atoms with Crippen LogP contribution in [0, 0.1) is 11.3 Å². The summed E-state index contributed by atoms with van der Waals surface area (Å²) in [5, 5.41) is 38.4. The molecule has 1 fully saturated rings. The molecule has 1 saturated heterocycles. The zero-order chi connectivity index (χ0) is 28.4.